The van der Waals surface area contributed by atoms with Gasteiger partial charge in [0.15, 0.2) is 0 Å². The fourth-order valence-electron chi connectivity index (χ4n) is 4.96. The molecule has 2 amide bonds. The Morgan fingerprint density at radius 3 is 2.44 bits per heavy atom. The van der Waals surface area contributed by atoms with Gasteiger partial charge in [-0.25, -0.2) is 9.78 Å². The van der Waals surface area contributed by atoms with Crippen LogP contribution in [0.1, 0.15) is 42.3 Å². The molecule has 1 aliphatic heterocycles. The number of aromatic nitrogens is 3. The Bertz CT molecular complexity index is 1700. The molecule has 0 unspecified atom stereocenters. The van der Waals surface area contributed by atoms with E-state index in [1.54, 1.807) is 52.3 Å². The smallest absolute Gasteiger partial charge is 0.407 e. The average Bonchev–Trinajstić information content (AvgIpc) is 3.30. The summed E-state index contributed by atoms with van der Waals surface area (Å²) in [5.74, 6) is 0.0110. The quantitative estimate of drug-likeness (QED) is 0.267. The molecule has 0 fully saturated rings. The van der Waals surface area contributed by atoms with Gasteiger partial charge < -0.3 is 15.4 Å². The number of fused-ring (bicyclic) bond motifs is 1. The predicted molar refractivity (Wildman–Crippen MR) is 169 cm³/mol. The number of alkyl carbamates (subject to hydrolysis) is 1. The van der Waals surface area contributed by atoms with Crippen molar-refractivity contribution in [1.82, 2.24) is 19.9 Å². The van der Waals surface area contributed by atoms with E-state index in [9.17, 15) is 14.4 Å². The molecule has 5 rings (SSSR count). The number of rotatable bonds is 8. The fourth-order valence-corrected chi connectivity index (χ4v) is 5.54. The van der Waals surface area contributed by atoms with E-state index in [-0.39, 0.29) is 42.2 Å². The fraction of sp³-hybridized carbons (Fsp3) is 0.281. The zero-order valence-electron chi connectivity index (χ0n) is 24.4. The molecule has 1 aliphatic rings. The van der Waals surface area contributed by atoms with Crippen LogP contribution in [-0.4, -0.2) is 44.7 Å². The number of hydrogen-bond donors (Lipinski definition) is 2. The molecule has 0 bridgehead atoms. The van der Waals surface area contributed by atoms with Crippen molar-refractivity contribution in [1.29, 1.82) is 0 Å². The summed E-state index contributed by atoms with van der Waals surface area (Å²) >= 11 is 3.48. The topological polar surface area (TPSA) is 118 Å². The Morgan fingerprint density at radius 1 is 1.05 bits per heavy atom. The van der Waals surface area contributed by atoms with E-state index >= 15 is 0 Å². The van der Waals surface area contributed by atoms with Crippen molar-refractivity contribution in [3.05, 3.63) is 105 Å². The number of anilines is 2. The maximum Gasteiger partial charge on any atom is 0.407 e. The second-order valence-corrected chi connectivity index (χ2v) is 12.2. The summed E-state index contributed by atoms with van der Waals surface area (Å²) in [6.45, 7) is 5.92. The molecule has 43 heavy (non-hydrogen) atoms. The third-order valence-corrected chi connectivity index (χ3v) is 7.59. The summed E-state index contributed by atoms with van der Waals surface area (Å²) in [6.07, 6.45) is 3.21. The van der Waals surface area contributed by atoms with Crippen LogP contribution in [0.2, 0.25) is 0 Å². The number of carbonyl (C=O) groups excluding carboxylic acids is 2. The van der Waals surface area contributed by atoms with Crippen LogP contribution < -0.4 is 21.1 Å². The van der Waals surface area contributed by atoms with Crippen molar-refractivity contribution >= 4 is 39.6 Å². The summed E-state index contributed by atoms with van der Waals surface area (Å²) in [7, 11) is 1.61. The van der Waals surface area contributed by atoms with Crippen molar-refractivity contribution < 1.29 is 14.3 Å². The predicted octanol–water partition coefficient (Wildman–Crippen LogP) is 5.31. The lowest BCUT2D eigenvalue weighted by atomic mass is 10.1. The molecule has 0 aliphatic carbocycles. The first kappa shape index (κ1) is 30.0. The maximum absolute atomic E-state index is 14.0. The standard InChI is InChI=1S/C32H33BrN6O4/c1-32(2,3)43-31(42)36-23(17-20-9-6-5-7-10-20)18-35-30-37-26(21-13-15-34-16-14-21)27(29(41)38(30)4)39-19-22-11-8-12-24(33)25(22)28(39)40/h5-16,23H,17-19H2,1-4H3,(H,35,37)(H,36,42)/t23-/m0/s1. The van der Waals surface area contributed by atoms with Crippen LogP contribution in [0, 0.1) is 0 Å². The summed E-state index contributed by atoms with van der Waals surface area (Å²) in [5.41, 5.74) is 2.51. The molecule has 0 saturated heterocycles. The molecule has 2 aromatic heterocycles. The zero-order chi connectivity index (χ0) is 30.7. The molecular formula is C32H33BrN6O4. The lowest BCUT2D eigenvalue weighted by Gasteiger charge is -2.25. The summed E-state index contributed by atoms with van der Waals surface area (Å²) in [4.78, 5) is 50.7. The van der Waals surface area contributed by atoms with Gasteiger partial charge in [-0.1, -0.05) is 42.5 Å². The molecule has 0 radical (unpaired) electrons. The van der Waals surface area contributed by atoms with Crippen LogP contribution in [0.4, 0.5) is 16.4 Å². The molecule has 4 aromatic rings. The van der Waals surface area contributed by atoms with Gasteiger partial charge >= 0.3 is 6.09 Å². The van der Waals surface area contributed by atoms with Crippen LogP contribution >= 0.6 is 15.9 Å². The molecule has 2 N–H and O–H groups in total. The van der Waals surface area contributed by atoms with Gasteiger partial charge in [-0.2, -0.15) is 0 Å². The molecule has 0 saturated carbocycles. The van der Waals surface area contributed by atoms with Crippen molar-refractivity contribution in [2.45, 2.75) is 45.4 Å². The Balaban J connectivity index is 1.49. The number of carbonyl (C=O) groups is 2. The van der Waals surface area contributed by atoms with E-state index in [2.05, 4.69) is 31.5 Å². The minimum Gasteiger partial charge on any atom is -0.444 e. The number of amides is 2. The minimum absolute atomic E-state index is 0.181. The molecule has 10 nitrogen and oxygen atoms in total. The van der Waals surface area contributed by atoms with Crippen molar-refractivity contribution in [3.63, 3.8) is 0 Å². The van der Waals surface area contributed by atoms with Gasteiger partial charge in [-0.15, -0.1) is 0 Å². The molecular weight excluding hydrogens is 612 g/mol. The normalized spacial score (nSPS) is 13.4. The molecule has 1 atom stereocenters. The van der Waals surface area contributed by atoms with Crippen molar-refractivity contribution in [2.75, 3.05) is 16.8 Å². The van der Waals surface area contributed by atoms with E-state index < -0.39 is 11.7 Å². The van der Waals surface area contributed by atoms with Gasteiger partial charge in [-0.3, -0.25) is 24.0 Å². The molecule has 3 heterocycles. The van der Waals surface area contributed by atoms with Crippen LogP contribution in [0.3, 0.4) is 0 Å². The number of nitrogens with zero attached hydrogens (tertiary/aromatic N) is 4. The second kappa shape index (κ2) is 12.4. The minimum atomic E-state index is -0.655. The largest absolute Gasteiger partial charge is 0.444 e. The van der Waals surface area contributed by atoms with E-state index in [1.807, 2.05) is 48.5 Å². The number of halogens is 1. The van der Waals surface area contributed by atoms with Crippen LogP contribution in [0.25, 0.3) is 11.3 Å². The number of pyridine rings is 1. The Morgan fingerprint density at radius 2 is 1.77 bits per heavy atom. The van der Waals surface area contributed by atoms with Gasteiger partial charge in [-0.05, 0) is 72.4 Å². The van der Waals surface area contributed by atoms with Gasteiger partial charge in [0.25, 0.3) is 11.5 Å². The Kier molecular flexibility index (Phi) is 8.63. The van der Waals surface area contributed by atoms with Crippen LogP contribution in [0.15, 0.2) is 82.3 Å². The van der Waals surface area contributed by atoms with Gasteiger partial charge in [0.2, 0.25) is 5.95 Å². The van der Waals surface area contributed by atoms with E-state index in [4.69, 9.17) is 9.72 Å². The Hall–Kier alpha value is -4.51. The first-order chi connectivity index (χ1) is 20.5. The number of ether oxygens (including phenoxy) is 1. The number of hydrogen-bond acceptors (Lipinski definition) is 7. The SMILES string of the molecule is Cn1c(NC[C@H](Cc2ccccc2)NC(=O)OC(C)(C)C)nc(-c2ccncc2)c(N2Cc3cccc(Br)c3C2=O)c1=O. The third kappa shape index (κ3) is 6.77. The highest BCUT2D eigenvalue weighted by Crippen LogP contribution is 2.35. The molecule has 2 aromatic carbocycles. The number of nitrogens with one attached hydrogen (secondary N) is 2. The van der Waals surface area contributed by atoms with Crippen LogP contribution in [-0.2, 0) is 24.8 Å². The zero-order valence-corrected chi connectivity index (χ0v) is 26.0. The summed E-state index contributed by atoms with van der Waals surface area (Å²) in [6, 6.07) is 18.4. The van der Waals surface area contributed by atoms with Gasteiger partial charge in [0.1, 0.15) is 17.0 Å². The highest BCUT2D eigenvalue weighted by Gasteiger charge is 2.35. The van der Waals surface area contributed by atoms with Gasteiger partial charge in [0, 0.05) is 36.0 Å². The Labute approximate surface area is 258 Å². The first-order valence-corrected chi connectivity index (χ1v) is 14.7. The molecule has 11 heteroatoms. The van der Waals surface area contributed by atoms with E-state index in [0.29, 0.717) is 27.7 Å². The summed E-state index contributed by atoms with van der Waals surface area (Å²) in [5, 5.41) is 6.21. The van der Waals surface area contributed by atoms with Crippen molar-refractivity contribution in [3.8, 4) is 11.3 Å². The van der Waals surface area contributed by atoms with E-state index in [0.717, 1.165) is 11.1 Å². The number of benzene rings is 2. The maximum atomic E-state index is 14.0. The lowest BCUT2D eigenvalue weighted by molar-refractivity contribution is 0.0506. The monoisotopic (exact) mass is 644 g/mol. The highest BCUT2D eigenvalue weighted by molar-refractivity contribution is 9.10. The first-order valence-electron chi connectivity index (χ1n) is 13.9. The molecule has 0 spiro atoms. The van der Waals surface area contributed by atoms with E-state index in [1.165, 1.54) is 9.47 Å². The highest BCUT2D eigenvalue weighted by atomic mass is 79.9. The lowest BCUT2D eigenvalue weighted by Crippen LogP contribution is -2.44. The second-order valence-electron chi connectivity index (χ2n) is 11.3. The molecule has 222 valence electrons. The third-order valence-electron chi connectivity index (χ3n) is 6.93. The van der Waals surface area contributed by atoms with Gasteiger partial charge in [0.05, 0.1) is 18.2 Å². The van der Waals surface area contributed by atoms with Crippen molar-refractivity contribution in [2.24, 2.45) is 7.05 Å². The van der Waals surface area contributed by atoms with Crippen LogP contribution in [0.5, 0.6) is 0 Å². The summed E-state index contributed by atoms with van der Waals surface area (Å²) < 4.78 is 7.56. The average molecular weight is 646 g/mol.